The summed E-state index contributed by atoms with van der Waals surface area (Å²) in [6.07, 6.45) is 2.89. The van der Waals surface area contributed by atoms with E-state index in [2.05, 4.69) is 11.2 Å². The lowest BCUT2D eigenvalue weighted by molar-refractivity contribution is -0.182. The number of terminal acetylenes is 1. The molecule has 0 unspecified atom stereocenters. The van der Waals surface area contributed by atoms with Crippen LogP contribution in [-0.4, -0.2) is 30.3 Å². The van der Waals surface area contributed by atoms with Gasteiger partial charge in [0.2, 0.25) is 0 Å². The van der Waals surface area contributed by atoms with E-state index in [0.29, 0.717) is 18.6 Å². The van der Waals surface area contributed by atoms with Gasteiger partial charge in [-0.2, -0.15) is 13.2 Å². The van der Waals surface area contributed by atoms with Gasteiger partial charge in [-0.1, -0.05) is 5.92 Å². The summed E-state index contributed by atoms with van der Waals surface area (Å²) in [6.45, 7) is 0.827. The zero-order valence-electron chi connectivity index (χ0n) is 9.72. The van der Waals surface area contributed by atoms with Crippen LogP contribution in [0, 0.1) is 18.3 Å². The van der Waals surface area contributed by atoms with Crippen molar-refractivity contribution in [3.63, 3.8) is 0 Å². The van der Waals surface area contributed by atoms with Gasteiger partial charge in [0.15, 0.2) is 0 Å². The first-order valence-corrected chi connectivity index (χ1v) is 7.01. The number of rotatable bonds is 5. The monoisotopic (exact) mass is 265 g/mol. The number of nitrogens with one attached hydrogen (secondary N) is 1. The van der Waals surface area contributed by atoms with Gasteiger partial charge in [-0.25, -0.2) is 0 Å². The largest absolute Gasteiger partial charge is 0.391 e. The van der Waals surface area contributed by atoms with Crippen LogP contribution in [0.25, 0.3) is 0 Å². The molecule has 1 nitrogen and oxygen atoms in total. The summed E-state index contributed by atoms with van der Waals surface area (Å²) in [5.41, 5.74) is 0. The normalized spacial score (nSPS) is 25.5. The molecule has 1 saturated carbocycles. The van der Waals surface area contributed by atoms with Crippen molar-refractivity contribution in [3.8, 4) is 12.3 Å². The van der Waals surface area contributed by atoms with Gasteiger partial charge in [-0.15, -0.1) is 18.2 Å². The van der Waals surface area contributed by atoms with E-state index in [0.717, 1.165) is 12.3 Å². The lowest BCUT2D eigenvalue weighted by Crippen LogP contribution is -2.37. The molecule has 0 saturated heterocycles. The minimum atomic E-state index is -4.01. The molecule has 1 aliphatic rings. The van der Waals surface area contributed by atoms with Crippen molar-refractivity contribution in [2.45, 2.75) is 37.9 Å². The van der Waals surface area contributed by atoms with Gasteiger partial charge in [0.25, 0.3) is 0 Å². The third-order valence-corrected chi connectivity index (χ3v) is 3.92. The second-order valence-corrected chi connectivity index (χ2v) is 5.41. The van der Waals surface area contributed by atoms with Crippen molar-refractivity contribution >= 4 is 11.8 Å². The number of hydrogen-bond donors (Lipinski definition) is 1. The highest BCUT2D eigenvalue weighted by atomic mass is 32.2. The Labute approximate surface area is 105 Å². The number of alkyl halides is 3. The lowest BCUT2D eigenvalue weighted by Gasteiger charge is -2.30. The molecule has 5 heteroatoms. The third-order valence-electron chi connectivity index (χ3n) is 3.05. The van der Waals surface area contributed by atoms with Gasteiger partial charge >= 0.3 is 6.18 Å². The molecule has 1 aliphatic carbocycles. The summed E-state index contributed by atoms with van der Waals surface area (Å²) in [4.78, 5) is 0. The molecule has 0 atom stereocenters. The van der Waals surface area contributed by atoms with E-state index in [1.165, 1.54) is 0 Å². The number of halogens is 3. The standard InChI is InChI=1S/C12H18F3NS/c1-2-8-17-9-7-16-11-5-3-10(4-6-11)12(13,14)15/h1,10-11,16H,3-9H2. The van der Waals surface area contributed by atoms with Crippen LogP contribution in [0.2, 0.25) is 0 Å². The summed E-state index contributed by atoms with van der Waals surface area (Å²) < 4.78 is 37.3. The predicted octanol–water partition coefficient (Wildman–Crippen LogP) is 3.06. The molecule has 0 spiro atoms. The van der Waals surface area contributed by atoms with Crippen molar-refractivity contribution < 1.29 is 13.2 Å². The molecule has 1 N–H and O–H groups in total. The molecule has 0 aromatic carbocycles. The molecule has 0 bridgehead atoms. The highest BCUT2D eigenvalue weighted by Crippen LogP contribution is 2.37. The maximum atomic E-state index is 12.4. The summed E-state index contributed by atoms with van der Waals surface area (Å²) >= 11 is 1.67. The number of hydrogen-bond acceptors (Lipinski definition) is 2. The molecule has 0 aromatic heterocycles. The Morgan fingerprint density at radius 1 is 1.24 bits per heavy atom. The molecular weight excluding hydrogens is 247 g/mol. The first-order chi connectivity index (χ1) is 8.04. The van der Waals surface area contributed by atoms with E-state index < -0.39 is 12.1 Å². The van der Waals surface area contributed by atoms with Crippen molar-refractivity contribution in [3.05, 3.63) is 0 Å². The summed E-state index contributed by atoms with van der Waals surface area (Å²) in [5.74, 6) is 3.07. The molecule has 0 heterocycles. The lowest BCUT2D eigenvalue weighted by atomic mass is 9.85. The van der Waals surface area contributed by atoms with E-state index in [1.807, 2.05) is 0 Å². The average Bonchev–Trinajstić information content (AvgIpc) is 2.28. The third kappa shape index (κ3) is 5.69. The molecule has 0 amide bonds. The van der Waals surface area contributed by atoms with Crippen LogP contribution in [0.1, 0.15) is 25.7 Å². The molecule has 0 aromatic rings. The Kier molecular flexibility index (Phi) is 6.21. The van der Waals surface area contributed by atoms with Crippen molar-refractivity contribution in [1.29, 1.82) is 0 Å². The van der Waals surface area contributed by atoms with Gasteiger partial charge in [0.05, 0.1) is 11.7 Å². The zero-order chi connectivity index (χ0) is 12.7. The molecule has 1 rings (SSSR count). The fourth-order valence-corrected chi connectivity index (χ4v) is 2.62. The van der Waals surface area contributed by atoms with Gasteiger partial charge in [-0.3, -0.25) is 0 Å². The predicted molar refractivity (Wildman–Crippen MR) is 66.0 cm³/mol. The van der Waals surface area contributed by atoms with E-state index in [4.69, 9.17) is 6.42 Å². The molecule has 98 valence electrons. The first-order valence-electron chi connectivity index (χ1n) is 5.85. The Hall–Kier alpha value is -0.340. The smallest absolute Gasteiger partial charge is 0.313 e. The number of thioether (sulfide) groups is 1. The fourth-order valence-electron chi connectivity index (χ4n) is 2.09. The van der Waals surface area contributed by atoms with Crippen LogP contribution in [0.5, 0.6) is 0 Å². The van der Waals surface area contributed by atoms with E-state index in [1.54, 1.807) is 11.8 Å². The van der Waals surface area contributed by atoms with E-state index >= 15 is 0 Å². The second-order valence-electron chi connectivity index (χ2n) is 4.30. The minimum absolute atomic E-state index is 0.250. The van der Waals surface area contributed by atoms with Crippen LogP contribution in [0.15, 0.2) is 0 Å². The summed E-state index contributed by atoms with van der Waals surface area (Å²) in [6, 6.07) is 0.250. The Morgan fingerprint density at radius 2 is 1.88 bits per heavy atom. The van der Waals surface area contributed by atoms with E-state index in [-0.39, 0.29) is 18.9 Å². The van der Waals surface area contributed by atoms with Gasteiger partial charge in [0.1, 0.15) is 0 Å². The summed E-state index contributed by atoms with van der Waals surface area (Å²) in [5, 5.41) is 3.30. The van der Waals surface area contributed by atoms with Crippen LogP contribution >= 0.6 is 11.8 Å². The zero-order valence-corrected chi connectivity index (χ0v) is 10.5. The maximum absolute atomic E-state index is 12.4. The van der Waals surface area contributed by atoms with Crippen molar-refractivity contribution in [2.75, 3.05) is 18.1 Å². The van der Waals surface area contributed by atoms with Crippen LogP contribution in [0.4, 0.5) is 13.2 Å². The summed E-state index contributed by atoms with van der Waals surface area (Å²) in [7, 11) is 0. The highest BCUT2D eigenvalue weighted by Gasteiger charge is 2.41. The Morgan fingerprint density at radius 3 is 2.41 bits per heavy atom. The quantitative estimate of drug-likeness (QED) is 0.605. The topological polar surface area (TPSA) is 12.0 Å². The van der Waals surface area contributed by atoms with Gasteiger partial charge in [-0.05, 0) is 25.7 Å². The Balaban J connectivity index is 2.09. The van der Waals surface area contributed by atoms with Gasteiger partial charge in [0, 0.05) is 18.3 Å². The Bertz CT molecular complexity index is 251. The molecular formula is C12H18F3NS. The minimum Gasteiger partial charge on any atom is -0.313 e. The molecule has 17 heavy (non-hydrogen) atoms. The van der Waals surface area contributed by atoms with Gasteiger partial charge < -0.3 is 5.32 Å². The van der Waals surface area contributed by atoms with Crippen LogP contribution in [0.3, 0.4) is 0 Å². The molecule has 0 aliphatic heterocycles. The van der Waals surface area contributed by atoms with Crippen molar-refractivity contribution in [2.24, 2.45) is 5.92 Å². The van der Waals surface area contributed by atoms with Crippen LogP contribution in [-0.2, 0) is 0 Å². The van der Waals surface area contributed by atoms with Crippen molar-refractivity contribution in [1.82, 2.24) is 5.32 Å². The fraction of sp³-hybridized carbons (Fsp3) is 0.833. The molecule has 0 radical (unpaired) electrons. The second kappa shape index (κ2) is 7.17. The SMILES string of the molecule is C#CCSCCNC1CCC(C(F)(F)F)CC1. The first kappa shape index (κ1) is 14.7. The average molecular weight is 265 g/mol. The van der Waals surface area contributed by atoms with E-state index in [9.17, 15) is 13.2 Å². The maximum Gasteiger partial charge on any atom is 0.391 e. The van der Waals surface area contributed by atoms with Crippen LogP contribution < -0.4 is 5.32 Å². The highest BCUT2D eigenvalue weighted by molar-refractivity contribution is 7.99. The molecule has 1 fully saturated rings.